The predicted octanol–water partition coefficient (Wildman–Crippen LogP) is 3.79. The molecule has 0 unspecified atom stereocenters. The molecule has 1 aliphatic rings. The molecule has 6 heteroatoms. The van der Waals surface area contributed by atoms with Gasteiger partial charge in [0.15, 0.2) is 5.11 Å². The van der Waals surface area contributed by atoms with E-state index in [2.05, 4.69) is 30.5 Å². The van der Waals surface area contributed by atoms with Crippen LogP contribution in [0.2, 0.25) is 0 Å². The minimum Gasteiger partial charge on any atom is -0.466 e. The number of benzene rings is 2. The van der Waals surface area contributed by atoms with E-state index in [1.165, 1.54) is 0 Å². The Morgan fingerprint density at radius 1 is 1.10 bits per heavy atom. The average molecular weight is 411 g/mol. The molecule has 0 spiro atoms. The third-order valence-corrected chi connectivity index (χ3v) is 5.52. The standard InChI is InChI=1S/C23H26N2O3S/c1-4-28-21(27)18-19(17-13-9-8-12-16(17)14-23(18,2)3)24-22(29)25-20(26)15-10-6-5-7-11-15/h5-13,18-19H,4,14H2,1-3H3,(H2,24,25,26,29)/t18-,19-/m1/s1. The maximum absolute atomic E-state index is 12.9. The normalized spacial score (nSPS) is 19.6. The van der Waals surface area contributed by atoms with Crippen molar-refractivity contribution in [1.82, 2.24) is 10.6 Å². The number of fused-ring (bicyclic) bond motifs is 1. The van der Waals surface area contributed by atoms with Crippen LogP contribution < -0.4 is 10.6 Å². The van der Waals surface area contributed by atoms with Crippen LogP contribution in [0, 0.1) is 11.3 Å². The number of thiocarbonyl (C=S) groups is 1. The topological polar surface area (TPSA) is 67.4 Å². The molecule has 2 atom stereocenters. The van der Waals surface area contributed by atoms with Crippen LogP contribution in [0.15, 0.2) is 54.6 Å². The lowest BCUT2D eigenvalue weighted by Crippen LogP contribution is -2.51. The summed E-state index contributed by atoms with van der Waals surface area (Å²) in [7, 11) is 0. The summed E-state index contributed by atoms with van der Waals surface area (Å²) < 4.78 is 5.38. The van der Waals surface area contributed by atoms with Crippen molar-refractivity contribution in [2.75, 3.05) is 6.61 Å². The molecule has 0 aliphatic heterocycles. The third kappa shape index (κ3) is 4.65. The smallest absolute Gasteiger partial charge is 0.311 e. The fourth-order valence-electron chi connectivity index (χ4n) is 4.02. The van der Waals surface area contributed by atoms with Crippen molar-refractivity contribution in [3.63, 3.8) is 0 Å². The van der Waals surface area contributed by atoms with Crippen LogP contribution in [-0.4, -0.2) is 23.6 Å². The van der Waals surface area contributed by atoms with Gasteiger partial charge in [-0.3, -0.25) is 14.9 Å². The van der Waals surface area contributed by atoms with E-state index in [1.807, 2.05) is 24.3 Å². The molecule has 2 aromatic rings. The summed E-state index contributed by atoms with van der Waals surface area (Å²) >= 11 is 5.42. The second kappa shape index (κ2) is 8.74. The molecule has 0 saturated heterocycles. The van der Waals surface area contributed by atoms with Gasteiger partial charge in [0.2, 0.25) is 0 Å². The molecule has 0 saturated carbocycles. The zero-order chi connectivity index (χ0) is 21.0. The van der Waals surface area contributed by atoms with Crippen molar-refractivity contribution in [3.8, 4) is 0 Å². The van der Waals surface area contributed by atoms with E-state index in [0.29, 0.717) is 12.2 Å². The zero-order valence-corrected chi connectivity index (χ0v) is 17.7. The van der Waals surface area contributed by atoms with Crippen LogP contribution in [0.5, 0.6) is 0 Å². The molecular weight excluding hydrogens is 384 g/mol. The maximum atomic E-state index is 12.9. The number of esters is 1. The lowest BCUT2D eigenvalue weighted by molar-refractivity contribution is -0.154. The van der Waals surface area contributed by atoms with Crippen LogP contribution in [0.4, 0.5) is 0 Å². The van der Waals surface area contributed by atoms with Gasteiger partial charge in [-0.15, -0.1) is 0 Å². The SMILES string of the molecule is CCOC(=O)[C@H]1[C@H](NC(=S)NC(=O)c2ccccc2)c2ccccc2CC1(C)C. The van der Waals surface area contributed by atoms with Crippen molar-refractivity contribution in [1.29, 1.82) is 0 Å². The van der Waals surface area contributed by atoms with Gasteiger partial charge in [-0.05, 0) is 54.2 Å². The van der Waals surface area contributed by atoms with Gasteiger partial charge in [0.25, 0.3) is 5.91 Å². The lowest BCUT2D eigenvalue weighted by atomic mass is 9.64. The minimum atomic E-state index is -0.441. The Bertz CT molecular complexity index is 911. The number of amides is 1. The number of hydrogen-bond donors (Lipinski definition) is 2. The van der Waals surface area contributed by atoms with E-state index >= 15 is 0 Å². The highest BCUT2D eigenvalue weighted by Gasteiger charge is 2.47. The highest BCUT2D eigenvalue weighted by Crippen LogP contribution is 2.46. The van der Waals surface area contributed by atoms with Crippen LogP contribution in [0.3, 0.4) is 0 Å². The number of rotatable bonds is 4. The second-order valence-corrected chi connectivity index (χ2v) is 8.27. The first-order valence-electron chi connectivity index (χ1n) is 9.75. The molecule has 0 heterocycles. The molecule has 0 bridgehead atoms. The third-order valence-electron chi connectivity index (χ3n) is 5.30. The van der Waals surface area contributed by atoms with Crippen molar-refractivity contribution in [3.05, 3.63) is 71.3 Å². The fraction of sp³-hybridized carbons (Fsp3) is 0.348. The number of nitrogens with one attached hydrogen (secondary N) is 2. The molecule has 2 aromatic carbocycles. The Kier molecular flexibility index (Phi) is 6.33. The molecule has 0 fully saturated rings. The van der Waals surface area contributed by atoms with Crippen molar-refractivity contribution in [2.24, 2.45) is 11.3 Å². The summed E-state index contributed by atoms with van der Waals surface area (Å²) in [5.74, 6) is -0.996. The number of carbonyl (C=O) groups excluding carboxylic acids is 2. The van der Waals surface area contributed by atoms with Gasteiger partial charge in [-0.2, -0.15) is 0 Å². The molecule has 3 rings (SSSR count). The molecular formula is C23H26N2O3S. The van der Waals surface area contributed by atoms with E-state index in [1.54, 1.807) is 31.2 Å². The van der Waals surface area contributed by atoms with Gasteiger partial charge in [-0.1, -0.05) is 56.3 Å². The Morgan fingerprint density at radius 2 is 1.76 bits per heavy atom. The van der Waals surface area contributed by atoms with E-state index in [9.17, 15) is 9.59 Å². The van der Waals surface area contributed by atoms with Gasteiger partial charge < -0.3 is 10.1 Å². The maximum Gasteiger partial charge on any atom is 0.311 e. The first-order chi connectivity index (χ1) is 13.8. The van der Waals surface area contributed by atoms with Crippen LogP contribution in [0.1, 0.15) is 48.3 Å². The summed E-state index contributed by atoms with van der Waals surface area (Å²) in [5.41, 5.74) is 2.34. The highest BCUT2D eigenvalue weighted by atomic mass is 32.1. The van der Waals surface area contributed by atoms with Crippen LogP contribution >= 0.6 is 12.2 Å². The first-order valence-corrected chi connectivity index (χ1v) is 10.2. The van der Waals surface area contributed by atoms with Crippen molar-refractivity contribution in [2.45, 2.75) is 33.2 Å². The fourth-order valence-corrected chi connectivity index (χ4v) is 4.24. The van der Waals surface area contributed by atoms with E-state index in [0.717, 1.165) is 17.5 Å². The molecule has 0 radical (unpaired) electrons. The summed E-state index contributed by atoms with van der Waals surface area (Å²) in [6, 6.07) is 16.5. The van der Waals surface area contributed by atoms with Gasteiger partial charge in [0.1, 0.15) is 0 Å². The minimum absolute atomic E-state index is 0.186. The van der Waals surface area contributed by atoms with E-state index in [-0.39, 0.29) is 22.4 Å². The number of hydrogen-bond acceptors (Lipinski definition) is 4. The Hall–Kier alpha value is -2.73. The first kappa shape index (κ1) is 21.0. The van der Waals surface area contributed by atoms with Gasteiger partial charge in [-0.25, -0.2) is 0 Å². The summed E-state index contributed by atoms with van der Waals surface area (Å²) in [6.45, 7) is 6.24. The van der Waals surface area contributed by atoms with Crippen molar-refractivity contribution >= 4 is 29.2 Å². The zero-order valence-electron chi connectivity index (χ0n) is 16.9. The Labute approximate surface area is 176 Å². The monoisotopic (exact) mass is 410 g/mol. The Balaban J connectivity index is 1.87. The number of carbonyl (C=O) groups is 2. The molecule has 5 nitrogen and oxygen atoms in total. The quantitative estimate of drug-likeness (QED) is 0.593. The summed E-state index contributed by atoms with van der Waals surface area (Å²) in [6.07, 6.45) is 0.758. The predicted molar refractivity (Wildman–Crippen MR) is 116 cm³/mol. The molecule has 29 heavy (non-hydrogen) atoms. The summed E-state index contributed by atoms with van der Waals surface area (Å²) in [5, 5.41) is 6.13. The molecule has 2 N–H and O–H groups in total. The van der Waals surface area contributed by atoms with E-state index < -0.39 is 12.0 Å². The number of ether oxygens (including phenoxy) is 1. The molecule has 1 amide bonds. The second-order valence-electron chi connectivity index (χ2n) is 7.87. The molecule has 152 valence electrons. The lowest BCUT2D eigenvalue weighted by Gasteiger charge is -2.43. The average Bonchev–Trinajstić information content (AvgIpc) is 2.68. The summed E-state index contributed by atoms with van der Waals surface area (Å²) in [4.78, 5) is 25.3. The van der Waals surface area contributed by atoms with Gasteiger partial charge in [0, 0.05) is 5.56 Å². The van der Waals surface area contributed by atoms with Gasteiger partial charge in [0.05, 0.1) is 18.6 Å². The Morgan fingerprint density at radius 3 is 2.45 bits per heavy atom. The largest absolute Gasteiger partial charge is 0.466 e. The van der Waals surface area contributed by atoms with Crippen LogP contribution in [0.25, 0.3) is 0 Å². The van der Waals surface area contributed by atoms with E-state index in [4.69, 9.17) is 17.0 Å². The van der Waals surface area contributed by atoms with Crippen LogP contribution in [-0.2, 0) is 16.0 Å². The van der Waals surface area contributed by atoms with Crippen molar-refractivity contribution < 1.29 is 14.3 Å². The highest BCUT2D eigenvalue weighted by molar-refractivity contribution is 7.80. The van der Waals surface area contributed by atoms with Gasteiger partial charge >= 0.3 is 5.97 Å². The molecule has 0 aromatic heterocycles. The molecule has 1 aliphatic carbocycles.